The van der Waals surface area contributed by atoms with Crippen LogP contribution in [0.4, 0.5) is 4.39 Å². The van der Waals surface area contributed by atoms with E-state index in [2.05, 4.69) is 10.0 Å². The van der Waals surface area contributed by atoms with Gasteiger partial charge in [-0.1, -0.05) is 11.6 Å². The van der Waals surface area contributed by atoms with E-state index in [0.717, 1.165) is 37.2 Å². The minimum Gasteiger partial charge on any atom is -0.490 e. The highest BCUT2D eigenvalue weighted by molar-refractivity contribution is 7.89. The average molecular weight is 344 g/mol. The molecule has 0 spiro atoms. The van der Waals surface area contributed by atoms with Gasteiger partial charge in [-0.3, -0.25) is 0 Å². The van der Waals surface area contributed by atoms with Gasteiger partial charge < -0.3 is 14.8 Å². The van der Waals surface area contributed by atoms with Crippen molar-refractivity contribution in [1.82, 2.24) is 10.0 Å². The highest BCUT2D eigenvalue weighted by Crippen LogP contribution is 2.25. The number of hydrogen-bond donors (Lipinski definition) is 2. The first-order valence-electron chi connectivity index (χ1n) is 7.32. The van der Waals surface area contributed by atoms with Gasteiger partial charge in [-0.25, -0.2) is 17.5 Å². The van der Waals surface area contributed by atoms with Gasteiger partial charge in [-0.2, -0.15) is 0 Å². The molecule has 23 heavy (non-hydrogen) atoms. The molecule has 128 valence electrons. The number of benzene rings is 1. The van der Waals surface area contributed by atoms with Crippen LogP contribution in [0.15, 0.2) is 34.7 Å². The van der Waals surface area contributed by atoms with E-state index in [4.69, 9.17) is 9.47 Å². The van der Waals surface area contributed by atoms with E-state index >= 15 is 0 Å². The summed E-state index contributed by atoms with van der Waals surface area (Å²) in [5.74, 6) is -0.527. The molecule has 2 rings (SSSR count). The van der Waals surface area contributed by atoms with Crippen molar-refractivity contribution in [2.75, 3.05) is 40.0 Å². The third-order valence-electron chi connectivity index (χ3n) is 3.39. The molecule has 0 amide bonds. The normalized spacial score (nSPS) is 15.3. The van der Waals surface area contributed by atoms with Crippen LogP contribution in [-0.2, 0) is 14.8 Å². The molecule has 1 aromatic carbocycles. The average Bonchev–Trinajstić information content (AvgIpc) is 2.55. The Labute approximate surface area is 135 Å². The Morgan fingerprint density at radius 2 is 2.17 bits per heavy atom. The van der Waals surface area contributed by atoms with Crippen LogP contribution in [0.25, 0.3) is 0 Å². The highest BCUT2D eigenvalue weighted by atomic mass is 32.2. The lowest BCUT2D eigenvalue weighted by atomic mass is 10.1. The lowest BCUT2D eigenvalue weighted by Crippen LogP contribution is -2.30. The van der Waals surface area contributed by atoms with Crippen molar-refractivity contribution in [1.29, 1.82) is 0 Å². The molecule has 0 radical (unpaired) electrons. The Kier molecular flexibility index (Phi) is 6.52. The lowest BCUT2D eigenvalue weighted by Gasteiger charge is -2.16. The SMILES string of the molecule is COCCOc1ccc(F)cc1S(=O)(=O)NCC1=CCNCC1. The summed E-state index contributed by atoms with van der Waals surface area (Å²) in [7, 11) is -2.35. The van der Waals surface area contributed by atoms with Crippen LogP contribution in [0.5, 0.6) is 5.75 Å². The largest absolute Gasteiger partial charge is 0.490 e. The van der Waals surface area contributed by atoms with Crippen LogP contribution in [0.1, 0.15) is 6.42 Å². The van der Waals surface area contributed by atoms with Gasteiger partial charge in [0.1, 0.15) is 23.1 Å². The fraction of sp³-hybridized carbons (Fsp3) is 0.467. The zero-order valence-electron chi connectivity index (χ0n) is 13.0. The minimum atomic E-state index is -3.87. The summed E-state index contributed by atoms with van der Waals surface area (Å²) in [5, 5.41) is 3.15. The van der Waals surface area contributed by atoms with Gasteiger partial charge in [0.2, 0.25) is 10.0 Å². The first-order valence-corrected chi connectivity index (χ1v) is 8.81. The number of hydrogen-bond acceptors (Lipinski definition) is 5. The smallest absolute Gasteiger partial charge is 0.244 e. The molecule has 2 N–H and O–H groups in total. The standard InChI is InChI=1S/C15H21FN2O4S/c1-21-8-9-22-14-3-2-13(16)10-15(14)23(19,20)18-11-12-4-6-17-7-5-12/h2-4,10,17-18H,5-9,11H2,1H3. The molecule has 1 aromatic rings. The van der Waals surface area contributed by atoms with Crippen molar-refractivity contribution in [2.45, 2.75) is 11.3 Å². The Balaban J connectivity index is 2.13. The van der Waals surface area contributed by atoms with Gasteiger partial charge in [0.25, 0.3) is 0 Å². The molecule has 1 heterocycles. The first-order chi connectivity index (χ1) is 11.0. The summed E-state index contributed by atoms with van der Waals surface area (Å²) in [6, 6.07) is 3.43. The van der Waals surface area contributed by atoms with Crippen molar-refractivity contribution in [3.8, 4) is 5.75 Å². The van der Waals surface area contributed by atoms with Crippen LogP contribution in [0, 0.1) is 5.82 Å². The zero-order valence-corrected chi connectivity index (χ0v) is 13.8. The summed E-state index contributed by atoms with van der Waals surface area (Å²) < 4.78 is 51.1. The number of rotatable bonds is 8. The number of ether oxygens (including phenoxy) is 2. The summed E-state index contributed by atoms with van der Waals surface area (Å²) >= 11 is 0. The third kappa shape index (κ3) is 5.28. The maximum atomic E-state index is 13.5. The Morgan fingerprint density at radius 1 is 1.35 bits per heavy atom. The summed E-state index contributed by atoms with van der Waals surface area (Å²) in [6.45, 7) is 2.24. The molecule has 0 aromatic heterocycles. The molecule has 0 bridgehead atoms. The molecule has 0 saturated carbocycles. The van der Waals surface area contributed by atoms with E-state index < -0.39 is 15.8 Å². The molecule has 0 saturated heterocycles. The molecule has 1 aliphatic rings. The van der Waals surface area contributed by atoms with E-state index in [1.807, 2.05) is 6.08 Å². The lowest BCUT2D eigenvalue weighted by molar-refractivity contribution is 0.144. The Bertz CT molecular complexity index is 661. The molecule has 6 nitrogen and oxygen atoms in total. The van der Waals surface area contributed by atoms with E-state index in [1.54, 1.807) is 0 Å². The molecule has 0 aliphatic carbocycles. The van der Waals surface area contributed by atoms with Crippen molar-refractivity contribution in [3.05, 3.63) is 35.7 Å². The van der Waals surface area contributed by atoms with E-state index in [1.165, 1.54) is 13.2 Å². The van der Waals surface area contributed by atoms with Gasteiger partial charge >= 0.3 is 0 Å². The number of nitrogens with one attached hydrogen (secondary N) is 2. The first kappa shape index (κ1) is 17.9. The molecule has 0 unspecified atom stereocenters. The second-order valence-electron chi connectivity index (χ2n) is 5.07. The van der Waals surface area contributed by atoms with Crippen molar-refractivity contribution in [3.63, 3.8) is 0 Å². The predicted molar refractivity (Wildman–Crippen MR) is 84.5 cm³/mol. The van der Waals surface area contributed by atoms with Crippen LogP contribution < -0.4 is 14.8 Å². The number of sulfonamides is 1. The fourth-order valence-corrected chi connectivity index (χ4v) is 3.33. The Morgan fingerprint density at radius 3 is 2.87 bits per heavy atom. The van der Waals surface area contributed by atoms with Crippen molar-refractivity contribution >= 4 is 10.0 Å². The van der Waals surface area contributed by atoms with E-state index in [-0.39, 0.29) is 23.8 Å². The quantitative estimate of drug-likeness (QED) is 0.544. The third-order valence-corrected chi connectivity index (χ3v) is 4.81. The molecule has 8 heteroatoms. The summed E-state index contributed by atoms with van der Waals surface area (Å²) in [4.78, 5) is -0.205. The molecule has 0 fully saturated rings. The maximum absolute atomic E-state index is 13.5. The number of halogens is 1. The van der Waals surface area contributed by atoms with Crippen LogP contribution in [-0.4, -0.2) is 48.4 Å². The molecular formula is C15H21FN2O4S. The van der Waals surface area contributed by atoms with Gasteiger partial charge in [0.05, 0.1) is 6.61 Å². The number of methoxy groups -OCH3 is 1. The second-order valence-corrected chi connectivity index (χ2v) is 6.81. The minimum absolute atomic E-state index is 0.107. The monoisotopic (exact) mass is 344 g/mol. The topological polar surface area (TPSA) is 76.7 Å². The van der Waals surface area contributed by atoms with Crippen molar-refractivity contribution in [2.24, 2.45) is 0 Å². The van der Waals surface area contributed by atoms with Gasteiger partial charge in [-0.15, -0.1) is 0 Å². The predicted octanol–water partition coefficient (Wildman–Crippen LogP) is 1.05. The highest BCUT2D eigenvalue weighted by Gasteiger charge is 2.21. The molecular weight excluding hydrogens is 323 g/mol. The van der Waals surface area contributed by atoms with Gasteiger partial charge in [0.15, 0.2) is 0 Å². The zero-order chi connectivity index (χ0) is 16.7. The van der Waals surface area contributed by atoms with Crippen LogP contribution >= 0.6 is 0 Å². The van der Waals surface area contributed by atoms with E-state index in [9.17, 15) is 12.8 Å². The summed E-state index contributed by atoms with van der Waals surface area (Å²) in [6.07, 6.45) is 2.73. The van der Waals surface area contributed by atoms with Crippen molar-refractivity contribution < 1.29 is 22.3 Å². The fourth-order valence-electron chi connectivity index (χ4n) is 2.14. The summed E-state index contributed by atoms with van der Waals surface area (Å²) in [5.41, 5.74) is 1.01. The van der Waals surface area contributed by atoms with Gasteiger partial charge in [0, 0.05) is 20.2 Å². The van der Waals surface area contributed by atoms with E-state index in [0.29, 0.717) is 6.61 Å². The van der Waals surface area contributed by atoms with Gasteiger partial charge in [-0.05, 0) is 31.2 Å². The molecule has 0 atom stereocenters. The Hall–Kier alpha value is -1.48. The maximum Gasteiger partial charge on any atom is 0.244 e. The molecule has 1 aliphatic heterocycles. The second kappa shape index (κ2) is 8.39. The van der Waals surface area contributed by atoms with Crippen LogP contribution in [0.3, 0.4) is 0 Å². The van der Waals surface area contributed by atoms with Crippen LogP contribution in [0.2, 0.25) is 0 Å².